The molecule has 0 radical (unpaired) electrons. The lowest BCUT2D eigenvalue weighted by atomic mass is 9.95. The van der Waals surface area contributed by atoms with E-state index >= 15 is 0 Å². The lowest BCUT2D eigenvalue weighted by Crippen LogP contribution is -2.45. The molecule has 1 aliphatic carbocycles. The van der Waals surface area contributed by atoms with Crippen LogP contribution in [0, 0.1) is 0 Å². The van der Waals surface area contributed by atoms with E-state index in [0.717, 1.165) is 18.4 Å². The van der Waals surface area contributed by atoms with Crippen molar-refractivity contribution in [3.05, 3.63) is 34.9 Å². The van der Waals surface area contributed by atoms with Crippen LogP contribution in [0.2, 0.25) is 5.02 Å². The lowest BCUT2D eigenvalue weighted by molar-refractivity contribution is -0.125. The summed E-state index contributed by atoms with van der Waals surface area (Å²) in [6, 6.07) is 6.63. The Morgan fingerprint density at radius 2 is 1.83 bits per heavy atom. The zero-order valence-electron chi connectivity index (χ0n) is 9.90. The van der Waals surface area contributed by atoms with Crippen molar-refractivity contribution in [2.75, 3.05) is 13.2 Å². The van der Waals surface area contributed by atoms with E-state index in [9.17, 15) is 4.79 Å². The minimum absolute atomic E-state index is 0.141. The van der Waals surface area contributed by atoms with Crippen LogP contribution in [-0.4, -0.2) is 35.4 Å². The van der Waals surface area contributed by atoms with Gasteiger partial charge in [0.2, 0.25) is 5.91 Å². The maximum Gasteiger partial charge on any atom is 0.231 e. The van der Waals surface area contributed by atoms with Gasteiger partial charge in [-0.15, -0.1) is 0 Å². The Labute approximate surface area is 111 Å². The predicted molar refractivity (Wildman–Crippen MR) is 68.5 cm³/mol. The molecular weight excluding hydrogens is 254 g/mol. The fourth-order valence-electron chi connectivity index (χ4n) is 2.01. The standard InChI is InChI=1S/C13H16ClNO3/c14-10-3-1-9(2-4-10)13(5-6-13)12(18)15-11(7-16)8-17/h1-4,11,16-17H,5-8H2,(H,15,18). The average Bonchev–Trinajstić information content (AvgIpc) is 3.18. The molecule has 1 aromatic rings. The second-order valence-electron chi connectivity index (χ2n) is 4.62. The number of rotatable bonds is 5. The molecule has 0 atom stereocenters. The Kier molecular flexibility index (Phi) is 3.90. The highest BCUT2D eigenvalue weighted by atomic mass is 35.5. The van der Waals surface area contributed by atoms with Gasteiger partial charge in [-0.25, -0.2) is 0 Å². The SMILES string of the molecule is O=C(NC(CO)CO)C1(c2ccc(Cl)cc2)CC1. The van der Waals surface area contributed by atoms with E-state index in [1.807, 2.05) is 12.1 Å². The largest absolute Gasteiger partial charge is 0.394 e. The zero-order chi connectivity index (χ0) is 13.2. The highest BCUT2D eigenvalue weighted by molar-refractivity contribution is 6.30. The summed E-state index contributed by atoms with van der Waals surface area (Å²) in [6.45, 7) is -0.530. The first-order chi connectivity index (χ1) is 8.62. The topological polar surface area (TPSA) is 69.6 Å². The molecule has 98 valence electrons. The molecule has 0 saturated heterocycles. The quantitative estimate of drug-likeness (QED) is 0.742. The van der Waals surface area contributed by atoms with Gasteiger partial charge in [0.15, 0.2) is 0 Å². The van der Waals surface area contributed by atoms with Crippen LogP contribution in [0.3, 0.4) is 0 Å². The first-order valence-corrected chi connectivity index (χ1v) is 6.29. The van der Waals surface area contributed by atoms with Crippen molar-refractivity contribution in [2.24, 2.45) is 0 Å². The Balaban J connectivity index is 2.11. The van der Waals surface area contributed by atoms with E-state index in [2.05, 4.69) is 5.32 Å². The lowest BCUT2D eigenvalue weighted by Gasteiger charge is -2.20. The second kappa shape index (κ2) is 5.26. The molecule has 0 spiro atoms. The number of aliphatic hydroxyl groups is 2. The average molecular weight is 270 g/mol. The Morgan fingerprint density at radius 1 is 1.28 bits per heavy atom. The summed E-state index contributed by atoms with van der Waals surface area (Å²) in [4.78, 5) is 12.2. The first-order valence-electron chi connectivity index (χ1n) is 5.91. The molecule has 1 fully saturated rings. The van der Waals surface area contributed by atoms with Crippen LogP contribution in [0.25, 0.3) is 0 Å². The molecule has 2 rings (SSSR count). The van der Waals surface area contributed by atoms with Gasteiger partial charge in [-0.1, -0.05) is 23.7 Å². The third-order valence-electron chi connectivity index (χ3n) is 3.36. The molecular formula is C13H16ClNO3. The van der Waals surface area contributed by atoms with Crippen molar-refractivity contribution in [2.45, 2.75) is 24.3 Å². The fraction of sp³-hybridized carbons (Fsp3) is 0.462. The van der Waals surface area contributed by atoms with Gasteiger partial charge in [-0.3, -0.25) is 4.79 Å². The zero-order valence-corrected chi connectivity index (χ0v) is 10.7. The Hall–Kier alpha value is -1.10. The van der Waals surface area contributed by atoms with Crippen molar-refractivity contribution >= 4 is 17.5 Å². The summed E-state index contributed by atoms with van der Waals surface area (Å²) in [5.74, 6) is -0.141. The summed E-state index contributed by atoms with van der Waals surface area (Å²) < 4.78 is 0. The van der Waals surface area contributed by atoms with E-state index in [1.54, 1.807) is 12.1 Å². The number of aliphatic hydroxyl groups excluding tert-OH is 2. The van der Waals surface area contributed by atoms with Crippen molar-refractivity contribution in [1.82, 2.24) is 5.32 Å². The number of carbonyl (C=O) groups is 1. The van der Waals surface area contributed by atoms with Crippen LogP contribution in [0.5, 0.6) is 0 Å². The number of nitrogens with one attached hydrogen (secondary N) is 1. The Bertz CT molecular complexity index is 424. The monoisotopic (exact) mass is 269 g/mol. The van der Waals surface area contributed by atoms with Crippen LogP contribution >= 0.6 is 11.6 Å². The van der Waals surface area contributed by atoms with Gasteiger partial charge in [-0.05, 0) is 30.5 Å². The van der Waals surface area contributed by atoms with Crippen LogP contribution in [0.15, 0.2) is 24.3 Å². The second-order valence-corrected chi connectivity index (χ2v) is 5.06. The molecule has 1 saturated carbocycles. The molecule has 4 nitrogen and oxygen atoms in total. The summed E-state index contributed by atoms with van der Waals surface area (Å²) >= 11 is 5.82. The van der Waals surface area contributed by atoms with Crippen LogP contribution in [0.1, 0.15) is 18.4 Å². The molecule has 3 N–H and O–H groups in total. The minimum Gasteiger partial charge on any atom is -0.394 e. The van der Waals surface area contributed by atoms with Gasteiger partial charge < -0.3 is 15.5 Å². The number of hydrogen-bond acceptors (Lipinski definition) is 3. The normalized spacial score (nSPS) is 16.7. The van der Waals surface area contributed by atoms with E-state index in [0.29, 0.717) is 5.02 Å². The number of carbonyl (C=O) groups excluding carboxylic acids is 1. The van der Waals surface area contributed by atoms with Gasteiger partial charge in [0.1, 0.15) is 0 Å². The molecule has 0 bridgehead atoms. The van der Waals surface area contributed by atoms with Gasteiger partial charge in [0, 0.05) is 5.02 Å². The van der Waals surface area contributed by atoms with Gasteiger partial charge in [0.05, 0.1) is 24.7 Å². The maximum absolute atomic E-state index is 12.2. The fourth-order valence-corrected chi connectivity index (χ4v) is 2.14. The first kappa shape index (κ1) is 13.3. The number of amides is 1. The van der Waals surface area contributed by atoms with E-state index < -0.39 is 11.5 Å². The van der Waals surface area contributed by atoms with Crippen LogP contribution in [-0.2, 0) is 10.2 Å². The molecule has 0 unspecified atom stereocenters. The summed E-state index contributed by atoms with van der Waals surface area (Å²) in [5.41, 5.74) is 0.423. The third kappa shape index (κ3) is 2.51. The number of hydrogen-bond donors (Lipinski definition) is 3. The minimum atomic E-state index is -0.595. The molecule has 0 heterocycles. The van der Waals surface area contributed by atoms with Crippen LogP contribution < -0.4 is 5.32 Å². The smallest absolute Gasteiger partial charge is 0.231 e. The van der Waals surface area contributed by atoms with Crippen LogP contribution in [0.4, 0.5) is 0 Å². The maximum atomic E-state index is 12.2. The molecule has 18 heavy (non-hydrogen) atoms. The summed E-state index contributed by atoms with van der Waals surface area (Å²) in [5, 5.41) is 21.2. The molecule has 5 heteroatoms. The van der Waals surface area contributed by atoms with Crippen molar-refractivity contribution in [1.29, 1.82) is 0 Å². The molecule has 1 aromatic carbocycles. The molecule has 1 amide bonds. The molecule has 0 aromatic heterocycles. The van der Waals surface area contributed by atoms with Crippen molar-refractivity contribution in [3.8, 4) is 0 Å². The highest BCUT2D eigenvalue weighted by Gasteiger charge is 2.51. The predicted octanol–water partition coefficient (Wildman–Crippen LogP) is 0.841. The van der Waals surface area contributed by atoms with Gasteiger partial charge in [0.25, 0.3) is 0 Å². The van der Waals surface area contributed by atoms with Crippen molar-refractivity contribution in [3.63, 3.8) is 0 Å². The van der Waals surface area contributed by atoms with Crippen molar-refractivity contribution < 1.29 is 15.0 Å². The number of benzene rings is 1. The summed E-state index contributed by atoms with van der Waals surface area (Å²) in [7, 11) is 0. The van der Waals surface area contributed by atoms with Gasteiger partial charge >= 0.3 is 0 Å². The summed E-state index contributed by atoms with van der Waals surface area (Å²) in [6.07, 6.45) is 1.56. The van der Waals surface area contributed by atoms with E-state index in [4.69, 9.17) is 21.8 Å². The van der Waals surface area contributed by atoms with E-state index in [1.165, 1.54) is 0 Å². The molecule has 0 aliphatic heterocycles. The Morgan fingerprint density at radius 3 is 2.28 bits per heavy atom. The number of halogens is 1. The van der Waals surface area contributed by atoms with Gasteiger partial charge in [-0.2, -0.15) is 0 Å². The highest BCUT2D eigenvalue weighted by Crippen LogP contribution is 2.48. The third-order valence-corrected chi connectivity index (χ3v) is 3.61. The molecule has 1 aliphatic rings. The van der Waals surface area contributed by atoms with E-state index in [-0.39, 0.29) is 19.1 Å².